The number of hydrogen-bond donors (Lipinski definition) is 1. The van der Waals surface area contributed by atoms with Crippen LogP contribution in [0.2, 0.25) is 0 Å². The molecule has 0 N–H and O–H groups in total. The second-order valence-corrected chi connectivity index (χ2v) is 2.97. The van der Waals surface area contributed by atoms with Gasteiger partial charge < -0.3 is 4.74 Å². The van der Waals surface area contributed by atoms with Gasteiger partial charge in [0, 0.05) is 11.5 Å². The fourth-order valence-corrected chi connectivity index (χ4v) is 0.939. The van der Waals surface area contributed by atoms with E-state index < -0.39 is 10.7 Å². The van der Waals surface area contributed by atoms with Crippen molar-refractivity contribution in [1.29, 1.82) is 0 Å². The molecule has 0 amide bonds. The highest BCUT2D eigenvalue weighted by Gasteiger charge is 2.11. The molecule has 4 nitrogen and oxygen atoms in total. The Labute approximate surface area is 90.9 Å². The quantitative estimate of drug-likeness (QED) is 0.375. The highest BCUT2D eigenvalue weighted by Crippen LogP contribution is 2.23. The van der Waals surface area contributed by atoms with Gasteiger partial charge in [-0.3, -0.25) is 10.1 Å². The van der Waals surface area contributed by atoms with E-state index in [9.17, 15) is 14.5 Å². The fourth-order valence-electron chi connectivity index (χ4n) is 0.886. The molecule has 0 spiro atoms. The molecule has 1 aromatic carbocycles. The van der Waals surface area contributed by atoms with Crippen LogP contribution in [0, 0.1) is 15.9 Å². The minimum atomic E-state index is -0.779. The third kappa shape index (κ3) is 2.95. The Bertz CT molecular complexity index is 420. The minimum absolute atomic E-state index is 0.0663. The van der Waals surface area contributed by atoms with Crippen molar-refractivity contribution in [3.63, 3.8) is 0 Å². The van der Waals surface area contributed by atoms with Gasteiger partial charge in [0.05, 0.1) is 11.0 Å². The molecule has 0 heterocycles. The summed E-state index contributed by atoms with van der Waals surface area (Å²) in [5.41, 5.74) is -0.313. The summed E-state index contributed by atoms with van der Waals surface area (Å²) in [6, 6.07) is 3.18. The van der Waals surface area contributed by atoms with Crippen molar-refractivity contribution in [2.75, 3.05) is 0 Å². The molecular weight excluding hydrogens is 221 g/mol. The number of rotatable bonds is 3. The standard InChI is InChI=1S/C9H8FNO3S/c1-6(5-15)14-9-3-2-7(11(12)13)4-8(9)10/h2-5,15H,1H3/b6-5-. The van der Waals surface area contributed by atoms with E-state index in [-0.39, 0.29) is 11.4 Å². The largest absolute Gasteiger partial charge is 0.458 e. The molecule has 15 heavy (non-hydrogen) atoms. The number of hydrogen-bond acceptors (Lipinski definition) is 4. The van der Waals surface area contributed by atoms with Gasteiger partial charge in [0.1, 0.15) is 5.76 Å². The minimum Gasteiger partial charge on any atom is -0.458 e. The van der Waals surface area contributed by atoms with Crippen molar-refractivity contribution in [1.82, 2.24) is 0 Å². The van der Waals surface area contributed by atoms with Crippen LogP contribution in [-0.4, -0.2) is 4.92 Å². The first kappa shape index (κ1) is 11.5. The number of non-ortho nitro benzene ring substituents is 1. The molecule has 0 aromatic heterocycles. The highest BCUT2D eigenvalue weighted by atomic mass is 32.1. The molecule has 0 bridgehead atoms. The maximum absolute atomic E-state index is 13.2. The lowest BCUT2D eigenvalue weighted by molar-refractivity contribution is -0.385. The van der Waals surface area contributed by atoms with E-state index in [2.05, 4.69) is 12.6 Å². The summed E-state index contributed by atoms with van der Waals surface area (Å²) in [6.45, 7) is 1.59. The molecule has 0 radical (unpaired) electrons. The number of thiol groups is 1. The number of nitro benzene ring substituents is 1. The van der Waals surface area contributed by atoms with E-state index in [1.807, 2.05) is 0 Å². The van der Waals surface area contributed by atoms with Crippen LogP contribution in [0.5, 0.6) is 5.75 Å². The molecule has 1 rings (SSSR count). The molecule has 0 saturated carbocycles. The number of ether oxygens (including phenoxy) is 1. The Hall–Kier alpha value is -1.56. The second-order valence-electron chi connectivity index (χ2n) is 2.71. The summed E-state index contributed by atoms with van der Waals surface area (Å²) < 4.78 is 18.2. The van der Waals surface area contributed by atoms with Crippen molar-refractivity contribution >= 4 is 18.3 Å². The number of nitro groups is 1. The van der Waals surface area contributed by atoms with Gasteiger partial charge >= 0.3 is 0 Å². The van der Waals surface area contributed by atoms with Crippen molar-refractivity contribution in [2.45, 2.75) is 6.92 Å². The molecule has 0 aliphatic rings. The number of halogens is 1. The fraction of sp³-hybridized carbons (Fsp3) is 0.111. The molecule has 0 fully saturated rings. The molecular formula is C9H8FNO3S. The Morgan fingerprint density at radius 3 is 2.80 bits per heavy atom. The Kier molecular flexibility index (Phi) is 3.68. The zero-order chi connectivity index (χ0) is 11.4. The normalized spacial score (nSPS) is 11.3. The summed E-state index contributed by atoms with van der Waals surface area (Å²) in [6.07, 6.45) is 0. The van der Waals surface area contributed by atoms with E-state index >= 15 is 0 Å². The average molecular weight is 229 g/mol. The van der Waals surface area contributed by atoms with Gasteiger partial charge in [-0.1, -0.05) is 0 Å². The Morgan fingerprint density at radius 2 is 2.33 bits per heavy atom. The zero-order valence-electron chi connectivity index (χ0n) is 7.81. The summed E-state index contributed by atoms with van der Waals surface area (Å²) >= 11 is 3.82. The van der Waals surface area contributed by atoms with Gasteiger partial charge in [-0.15, -0.1) is 12.6 Å². The van der Waals surface area contributed by atoms with Gasteiger partial charge in [0.25, 0.3) is 5.69 Å². The lowest BCUT2D eigenvalue weighted by Gasteiger charge is -2.05. The lowest BCUT2D eigenvalue weighted by Crippen LogP contribution is -1.95. The van der Waals surface area contributed by atoms with Crippen molar-refractivity contribution in [3.05, 3.63) is 45.3 Å². The third-order valence-corrected chi connectivity index (χ3v) is 1.94. The first-order valence-corrected chi connectivity index (χ1v) is 4.49. The first-order valence-electron chi connectivity index (χ1n) is 3.97. The molecule has 0 aliphatic carbocycles. The monoisotopic (exact) mass is 229 g/mol. The van der Waals surface area contributed by atoms with Crippen LogP contribution in [0.4, 0.5) is 10.1 Å². The molecule has 0 unspecified atom stereocenters. The third-order valence-electron chi connectivity index (χ3n) is 1.58. The smallest absolute Gasteiger partial charge is 0.272 e. The van der Waals surface area contributed by atoms with Crippen LogP contribution in [0.1, 0.15) is 6.92 Å². The number of benzene rings is 1. The lowest BCUT2D eigenvalue weighted by atomic mass is 10.3. The SMILES string of the molecule is C/C(=C/S)Oc1ccc([N+](=O)[O-])cc1F. The van der Waals surface area contributed by atoms with E-state index in [1.165, 1.54) is 17.5 Å². The van der Waals surface area contributed by atoms with Crippen molar-refractivity contribution in [2.24, 2.45) is 0 Å². The molecule has 80 valence electrons. The first-order chi connectivity index (χ1) is 7.04. The molecule has 0 aliphatic heterocycles. The van der Waals surface area contributed by atoms with Crippen LogP contribution in [-0.2, 0) is 0 Å². The van der Waals surface area contributed by atoms with Crippen LogP contribution >= 0.6 is 12.6 Å². The number of nitrogens with zero attached hydrogens (tertiary/aromatic N) is 1. The Balaban J connectivity index is 2.98. The summed E-state index contributed by atoms with van der Waals surface area (Å²) in [7, 11) is 0. The van der Waals surface area contributed by atoms with Gasteiger partial charge in [0.2, 0.25) is 0 Å². The zero-order valence-corrected chi connectivity index (χ0v) is 8.70. The predicted molar refractivity (Wildman–Crippen MR) is 56.4 cm³/mol. The maximum Gasteiger partial charge on any atom is 0.272 e. The summed E-state index contributed by atoms with van der Waals surface area (Å²) in [4.78, 5) is 9.64. The topological polar surface area (TPSA) is 52.4 Å². The van der Waals surface area contributed by atoms with Gasteiger partial charge in [-0.05, 0) is 13.0 Å². The van der Waals surface area contributed by atoms with Gasteiger partial charge in [-0.25, -0.2) is 4.39 Å². The van der Waals surface area contributed by atoms with Crippen LogP contribution in [0.3, 0.4) is 0 Å². The van der Waals surface area contributed by atoms with Crippen LogP contribution < -0.4 is 4.74 Å². The predicted octanol–water partition coefficient (Wildman–Crippen LogP) is 2.90. The van der Waals surface area contributed by atoms with E-state index in [1.54, 1.807) is 6.92 Å². The maximum atomic E-state index is 13.2. The summed E-state index contributed by atoms with van der Waals surface area (Å²) in [5.74, 6) is -0.451. The van der Waals surface area contributed by atoms with Crippen molar-refractivity contribution < 1.29 is 14.1 Å². The highest BCUT2D eigenvalue weighted by molar-refractivity contribution is 7.83. The number of allylic oxidation sites excluding steroid dienone is 1. The average Bonchev–Trinajstić information content (AvgIpc) is 2.20. The van der Waals surface area contributed by atoms with Crippen molar-refractivity contribution in [3.8, 4) is 5.75 Å². The molecule has 0 atom stereocenters. The van der Waals surface area contributed by atoms with E-state index in [4.69, 9.17) is 4.74 Å². The second kappa shape index (κ2) is 4.79. The Morgan fingerprint density at radius 1 is 1.67 bits per heavy atom. The molecule has 6 heteroatoms. The van der Waals surface area contributed by atoms with Crippen LogP contribution in [0.15, 0.2) is 29.4 Å². The van der Waals surface area contributed by atoms with E-state index in [0.29, 0.717) is 5.76 Å². The van der Waals surface area contributed by atoms with Gasteiger partial charge in [0.15, 0.2) is 11.6 Å². The van der Waals surface area contributed by atoms with Gasteiger partial charge in [-0.2, -0.15) is 0 Å². The summed E-state index contributed by atoms with van der Waals surface area (Å²) in [5, 5.41) is 11.7. The molecule has 1 aromatic rings. The van der Waals surface area contributed by atoms with Crippen LogP contribution in [0.25, 0.3) is 0 Å². The van der Waals surface area contributed by atoms with E-state index in [0.717, 1.165) is 6.07 Å². The molecule has 0 saturated heterocycles.